The van der Waals surface area contributed by atoms with Crippen molar-refractivity contribution < 1.29 is 14.4 Å². The van der Waals surface area contributed by atoms with Crippen LogP contribution in [0.4, 0.5) is 0 Å². The molecule has 1 rings (SSSR count). The minimum atomic E-state index is 0.157. The van der Waals surface area contributed by atoms with Crippen LogP contribution in [0.3, 0.4) is 0 Å². The molecule has 1 unspecified atom stereocenters. The van der Waals surface area contributed by atoms with Gasteiger partial charge in [-0.05, 0) is 20.3 Å². The second kappa shape index (κ2) is 4.42. The lowest BCUT2D eigenvalue weighted by Crippen LogP contribution is -2.24. The Kier molecular flexibility index (Phi) is 3.49. The minimum Gasteiger partial charge on any atom is -0.374 e. The summed E-state index contributed by atoms with van der Waals surface area (Å²) in [7, 11) is 0. The van der Waals surface area contributed by atoms with E-state index >= 15 is 0 Å². The highest BCUT2D eigenvalue weighted by Gasteiger charge is 2.25. The van der Waals surface area contributed by atoms with Gasteiger partial charge in [-0.1, -0.05) is 0 Å². The van der Waals surface area contributed by atoms with E-state index in [1.807, 2.05) is 20.4 Å². The standard InChI is InChI=1S/C8H14NO3/c1-7(2)12-8-3-4-9(5-8)11-6-10/h4,6-8H,3,5H2,1-2H3. The maximum atomic E-state index is 9.97. The van der Waals surface area contributed by atoms with Gasteiger partial charge in [0, 0.05) is 0 Å². The summed E-state index contributed by atoms with van der Waals surface area (Å²) in [6.07, 6.45) is 1.19. The Morgan fingerprint density at radius 1 is 1.67 bits per heavy atom. The smallest absolute Gasteiger partial charge is 0.313 e. The van der Waals surface area contributed by atoms with Crippen molar-refractivity contribution in [2.24, 2.45) is 0 Å². The van der Waals surface area contributed by atoms with E-state index in [1.54, 1.807) is 0 Å². The topological polar surface area (TPSA) is 38.8 Å². The Morgan fingerprint density at radius 3 is 3.00 bits per heavy atom. The number of nitrogens with zero attached hydrogens (tertiary/aromatic N) is 1. The summed E-state index contributed by atoms with van der Waals surface area (Å²) in [5.41, 5.74) is 0. The fraction of sp³-hybridized carbons (Fsp3) is 0.750. The molecule has 0 aromatic rings. The number of carbonyl (C=O) groups excluding carboxylic acids is 1. The van der Waals surface area contributed by atoms with Crippen LogP contribution in [-0.4, -0.2) is 30.3 Å². The van der Waals surface area contributed by atoms with Crippen molar-refractivity contribution >= 4 is 6.47 Å². The lowest BCUT2D eigenvalue weighted by atomic mass is 10.3. The van der Waals surface area contributed by atoms with Crippen LogP contribution >= 0.6 is 0 Å². The Labute approximate surface area is 72.4 Å². The van der Waals surface area contributed by atoms with Crippen molar-refractivity contribution in [3.63, 3.8) is 0 Å². The van der Waals surface area contributed by atoms with E-state index in [1.165, 1.54) is 5.06 Å². The minimum absolute atomic E-state index is 0.157. The predicted molar refractivity (Wildman–Crippen MR) is 42.8 cm³/mol. The number of hydroxylamine groups is 2. The average Bonchev–Trinajstić information content (AvgIpc) is 2.36. The van der Waals surface area contributed by atoms with Crippen molar-refractivity contribution in [3.8, 4) is 0 Å². The zero-order valence-electron chi connectivity index (χ0n) is 7.40. The molecule has 0 N–H and O–H groups in total. The Bertz CT molecular complexity index is 149. The fourth-order valence-corrected chi connectivity index (χ4v) is 1.21. The van der Waals surface area contributed by atoms with Gasteiger partial charge in [-0.2, -0.15) is 0 Å². The third kappa shape index (κ3) is 2.79. The van der Waals surface area contributed by atoms with E-state index in [0.29, 0.717) is 13.0 Å². The van der Waals surface area contributed by atoms with E-state index in [0.717, 1.165) is 6.42 Å². The van der Waals surface area contributed by atoms with E-state index in [4.69, 9.17) is 4.74 Å². The first-order valence-corrected chi connectivity index (χ1v) is 4.08. The van der Waals surface area contributed by atoms with Gasteiger partial charge in [0.1, 0.15) is 0 Å². The SMILES string of the molecule is CC(C)OC1C[CH]N(OC=O)C1. The van der Waals surface area contributed by atoms with E-state index in [-0.39, 0.29) is 12.2 Å². The summed E-state index contributed by atoms with van der Waals surface area (Å²) in [6, 6.07) is 0. The van der Waals surface area contributed by atoms with Crippen molar-refractivity contribution in [1.29, 1.82) is 0 Å². The third-order valence-corrected chi connectivity index (χ3v) is 1.60. The first-order valence-electron chi connectivity index (χ1n) is 4.08. The maximum absolute atomic E-state index is 9.97. The number of hydrogen-bond donors (Lipinski definition) is 0. The van der Waals surface area contributed by atoms with Gasteiger partial charge in [0.05, 0.1) is 25.3 Å². The van der Waals surface area contributed by atoms with Crippen LogP contribution in [0.5, 0.6) is 0 Å². The number of rotatable bonds is 4. The van der Waals surface area contributed by atoms with Crippen molar-refractivity contribution in [1.82, 2.24) is 5.06 Å². The molecular weight excluding hydrogens is 158 g/mol. The van der Waals surface area contributed by atoms with Crippen molar-refractivity contribution in [3.05, 3.63) is 6.54 Å². The van der Waals surface area contributed by atoms with Gasteiger partial charge in [0.25, 0.3) is 0 Å². The molecule has 12 heavy (non-hydrogen) atoms. The van der Waals surface area contributed by atoms with Gasteiger partial charge >= 0.3 is 6.47 Å². The summed E-state index contributed by atoms with van der Waals surface area (Å²) in [5, 5.41) is 1.50. The van der Waals surface area contributed by atoms with Crippen LogP contribution in [0.15, 0.2) is 0 Å². The number of ether oxygens (including phenoxy) is 1. The van der Waals surface area contributed by atoms with Crippen LogP contribution in [-0.2, 0) is 14.4 Å². The Hall–Kier alpha value is -0.610. The molecule has 69 valence electrons. The van der Waals surface area contributed by atoms with Gasteiger partial charge in [-0.3, -0.25) is 4.79 Å². The molecular formula is C8H14NO3. The second-order valence-electron chi connectivity index (χ2n) is 3.03. The second-order valence-corrected chi connectivity index (χ2v) is 3.03. The lowest BCUT2D eigenvalue weighted by Gasteiger charge is -2.15. The maximum Gasteiger partial charge on any atom is 0.313 e. The average molecular weight is 172 g/mol. The normalized spacial score (nSPS) is 24.8. The van der Waals surface area contributed by atoms with E-state index in [9.17, 15) is 4.79 Å². The largest absolute Gasteiger partial charge is 0.374 e. The summed E-state index contributed by atoms with van der Waals surface area (Å²) in [6.45, 7) is 6.86. The molecule has 0 saturated carbocycles. The first-order chi connectivity index (χ1) is 5.72. The molecule has 4 heteroatoms. The lowest BCUT2D eigenvalue weighted by molar-refractivity contribution is -0.164. The van der Waals surface area contributed by atoms with Crippen LogP contribution < -0.4 is 0 Å². The molecule has 0 aromatic heterocycles. The van der Waals surface area contributed by atoms with Gasteiger partial charge in [0.15, 0.2) is 0 Å². The molecule has 1 atom stereocenters. The number of hydrogen-bond acceptors (Lipinski definition) is 4. The van der Waals surface area contributed by atoms with Gasteiger partial charge < -0.3 is 9.57 Å². The molecule has 1 fully saturated rings. The zero-order valence-corrected chi connectivity index (χ0v) is 7.40. The molecule has 0 spiro atoms. The highest BCUT2D eigenvalue weighted by molar-refractivity contribution is 5.36. The first kappa shape index (κ1) is 9.48. The monoisotopic (exact) mass is 172 g/mol. The number of carbonyl (C=O) groups is 1. The molecule has 4 nitrogen and oxygen atoms in total. The summed E-state index contributed by atoms with van der Waals surface area (Å²) < 4.78 is 5.52. The third-order valence-electron chi connectivity index (χ3n) is 1.60. The molecule has 1 radical (unpaired) electrons. The molecule has 0 aliphatic carbocycles. The molecule has 1 aliphatic heterocycles. The van der Waals surface area contributed by atoms with Crippen LogP contribution in [0.1, 0.15) is 20.3 Å². The molecule has 0 amide bonds. The molecule has 1 heterocycles. The fourth-order valence-electron chi connectivity index (χ4n) is 1.21. The van der Waals surface area contributed by atoms with Crippen LogP contribution in [0.25, 0.3) is 0 Å². The van der Waals surface area contributed by atoms with Gasteiger partial charge in [-0.15, -0.1) is 5.06 Å². The van der Waals surface area contributed by atoms with Gasteiger partial charge in [-0.25, -0.2) is 0 Å². The highest BCUT2D eigenvalue weighted by atomic mass is 16.7. The van der Waals surface area contributed by atoms with E-state index < -0.39 is 0 Å². The molecule has 1 saturated heterocycles. The molecule has 0 aromatic carbocycles. The molecule has 1 aliphatic rings. The Balaban J connectivity index is 2.21. The predicted octanol–water partition coefficient (Wildman–Crippen LogP) is 0.735. The van der Waals surface area contributed by atoms with Crippen molar-refractivity contribution in [2.45, 2.75) is 32.5 Å². The Morgan fingerprint density at radius 2 is 2.42 bits per heavy atom. The zero-order chi connectivity index (χ0) is 8.97. The quantitative estimate of drug-likeness (QED) is 0.586. The van der Waals surface area contributed by atoms with E-state index in [2.05, 4.69) is 4.84 Å². The van der Waals surface area contributed by atoms with Crippen molar-refractivity contribution in [2.75, 3.05) is 6.54 Å². The van der Waals surface area contributed by atoms with Crippen LogP contribution in [0, 0.1) is 6.54 Å². The molecule has 0 bridgehead atoms. The van der Waals surface area contributed by atoms with Crippen LogP contribution in [0.2, 0.25) is 0 Å². The summed E-state index contributed by atoms with van der Waals surface area (Å²) in [4.78, 5) is 14.6. The summed E-state index contributed by atoms with van der Waals surface area (Å²) >= 11 is 0. The van der Waals surface area contributed by atoms with Gasteiger partial charge in [0.2, 0.25) is 0 Å². The summed E-state index contributed by atoms with van der Waals surface area (Å²) in [5.74, 6) is 0. The highest BCUT2D eigenvalue weighted by Crippen LogP contribution is 2.17.